The van der Waals surface area contributed by atoms with E-state index in [2.05, 4.69) is 10.2 Å². The highest BCUT2D eigenvalue weighted by molar-refractivity contribution is 7.90. The molecule has 0 aliphatic heterocycles. The third-order valence-electron chi connectivity index (χ3n) is 2.55. The molecule has 6 heteroatoms. The van der Waals surface area contributed by atoms with E-state index in [-0.39, 0.29) is 4.90 Å². The molecule has 0 heterocycles. The molecular formula is C12H21N3O2S. The molecule has 1 aromatic carbocycles. The number of benzene rings is 1. The van der Waals surface area contributed by atoms with Crippen LogP contribution in [0.5, 0.6) is 0 Å². The van der Waals surface area contributed by atoms with Gasteiger partial charge in [-0.25, -0.2) is 8.42 Å². The summed E-state index contributed by atoms with van der Waals surface area (Å²) in [5.74, 6) is 0. The Labute approximate surface area is 109 Å². The van der Waals surface area contributed by atoms with Gasteiger partial charge in [0, 0.05) is 12.8 Å². The lowest BCUT2D eigenvalue weighted by atomic mass is 10.2. The molecule has 0 fully saturated rings. The molecule has 0 saturated carbocycles. The van der Waals surface area contributed by atoms with Crippen LogP contribution in [0.3, 0.4) is 0 Å². The van der Waals surface area contributed by atoms with Crippen LogP contribution in [0.1, 0.15) is 6.42 Å². The van der Waals surface area contributed by atoms with Gasteiger partial charge in [0.05, 0.1) is 16.3 Å². The van der Waals surface area contributed by atoms with Crippen molar-refractivity contribution in [3.8, 4) is 0 Å². The second-order valence-electron chi connectivity index (χ2n) is 4.60. The highest BCUT2D eigenvalue weighted by Gasteiger charge is 2.09. The Morgan fingerprint density at radius 2 is 2.00 bits per heavy atom. The Hall–Kier alpha value is -1.27. The van der Waals surface area contributed by atoms with E-state index in [0.717, 1.165) is 25.2 Å². The molecule has 0 bridgehead atoms. The quantitative estimate of drug-likeness (QED) is 0.597. The first-order valence-corrected chi connectivity index (χ1v) is 7.68. The summed E-state index contributed by atoms with van der Waals surface area (Å²) in [5.41, 5.74) is 7.06. The molecule has 18 heavy (non-hydrogen) atoms. The van der Waals surface area contributed by atoms with Crippen molar-refractivity contribution in [1.29, 1.82) is 0 Å². The standard InChI is InChI=1S/C12H21N3O2S/c1-15(2)8-4-7-14-12-6-5-10(9-11(12)13)18(3,16)17/h5-6,9,14H,4,7-8,13H2,1-3H3. The number of nitrogen functional groups attached to an aromatic ring is 1. The maximum Gasteiger partial charge on any atom is 0.175 e. The van der Waals surface area contributed by atoms with Crippen molar-refractivity contribution in [2.45, 2.75) is 11.3 Å². The van der Waals surface area contributed by atoms with Crippen molar-refractivity contribution >= 4 is 21.2 Å². The van der Waals surface area contributed by atoms with E-state index in [1.54, 1.807) is 12.1 Å². The number of nitrogens with zero attached hydrogens (tertiary/aromatic N) is 1. The summed E-state index contributed by atoms with van der Waals surface area (Å²) in [5, 5.41) is 3.20. The first-order chi connectivity index (χ1) is 8.30. The van der Waals surface area contributed by atoms with Crippen molar-refractivity contribution < 1.29 is 8.42 Å². The summed E-state index contributed by atoms with van der Waals surface area (Å²) in [6.45, 7) is 1.80. The smallest absolute Gasteiger partial charge is 0.175 e. The summed E-state index contributed by atoms with van der Waals surface area (Å²) in [4.78, 5) is 2.36. The van der Waals surface area contributed by atoms with Crippen LogP contribution in [-0.2, 0) is 9.84 Å². The Morgan fingerprint density at radius 3 is 2.50 bits per heavy atom. The van der Waals surface area contributed by atoms with Crippen LogP contribution in [-0.4, -0.2) is 46.8 Å². The fourth-order valence-electron chi connectivity index (χ4n) is 1.55. The first kappa shape index (κ1) is 14.8. The minimum Gasteiger partial charge on any atom is -0.397 e. The summed E-state index contributed by atoms with van der Waals surface area (Å²) in [6.07, 6.45) is 2.17. The van der Waals surface area contributed by atoms with Crippen LogP contribution >= 0.6 is 0 Å². The SMILES string of the molecule is CN(C)CCCNc1ccc(S(C)(=O)=O)cc1N. The molecule has 102 valence electrons. The molecule has 0 aliphatic rings. The molecule has 0 aliphatic carbocycles. The van der Waals surface area contributed by atoms with E-state index in [1.807, 2.05) is 14.1 Å². The molecule has 0 aromatic heterocycles. The fraction of sp³-hybridized carbons (Fsp3) is 0.500. The third-order valence-corrected chi connectivity index (χ3v) is 3.66. The van der Waals surface area contributed by atoms with E-state index < -0.39 is 9.84 Å². The molecule has 5 nitrogen and oxygen atoms in total. The van der Waals surface area contributed by atoms with Gasteiger partial charge in [-0.2, -0.15) is 0 Å². The Bertz CT molecular complexity index is 498. The molecule has 0 radical (unpaired) electrons. The van der Waals surface area contributed by atoms with Crippen LogP contribution in [0.2, 0.25) is 0 Å². The van der Waals surface area contributed by atoms with Crippen LogP contribution in [0.4, 0.5) is 11.4 Å². The first-order valence-electron chi connectivity index (χ1n) is 5.79. The Morgan fingerprint density at radius 1 is 1.33 bits per heavy atom. The molecule has 0 atom stereocenters. The lowest BCUT2D eigenvalue weighted by Crippen LogP contribution is -2.16. The van der Waals surface area contributed by atoms with E-state index in [1.165, 1.54) is 12.3 Å². The fourth-order valence-corrected chi connectivity index (χ4v) is 2.21. The highest BCUT2D eigenvalue weighted by atomic mass is 32.2. The summed E-state index contributed by atoms with van der Waals surface area (Å²) in [6, 6.07) is 4.77. The lowest BCUT2D eigenvalue weighted by Gasteiger charge is -2.12. The topological polar surface area (TPSA) is 75.4 Å². The molecule has 0 amide bonds. The van der Waals surface area contributed by atoms with E-state index >= 15 is 0 Å². The molecular weight excluding hydrogens is 250 g/mol. The van der Waals surface area contributed by atoms with E-state index in [9.17, 15) is 8.42 Å². The normalized spacial score (nSPS) is 11.8. The molecule has 3 N–H and O–H groups in total. The van der Waals surface area contributed by atoms with Gasteiger partial charge >= 0.3 is 0 Å². The van der Waals surface area contributed by atoms with Gasteiger partial charge in [-0.3, -0.25) is 0 Å². The van der Waals surface area contributed by atoms with Crippen molar-refractivity contribution in [3.63, 3.8) is 0 Å². The molecule has 1 aromatic rings. The molecule has 0 spiro atoms. The van der Waals surface area contributed by atoms with Gasteiger partial charge in [-0.1, -0.05) is 0 Å². The number of hydrogen-bond acceptors (Lipinski definition) is 5. The molecule has 0 saturated heterocycles. The van der Waals surface area contributed by atoms with Crippen LogP contribution in [0, 0.1) is 0 Å². The average Bonchev–Trinajstić information content (AvgIpc) is 2.24. The molecule has 1 rings (SSSR count). The Kier molecular flexibility index (Phi) is 4.98. The molecule has 0 unspecified atom stereocenters. The van der Waals surface area contributed by atoms with Gasteiger partial charge in [-0.05, 0) is 45.3 Å². The van der Waals surface area contributed by atoms with Gasteiger partial charge < -0.3 is 16.0 Å². The zero-order chi connectivity index (χ0) is 13.8. The summed E-state index contributed by atoms with van der Waals surface area (Å²) in [7, 11) is 0.853. The van der Waals surface area contributed by atoms with Gasteiger partial charge in [-0.15, -0.1) is 0 Å². The van der Waals surface area contributed by atoms with E-state index in [4.69, 9.17) is 5.73 Å². The minimum absolute atomic E-state index is 0.249. The second-order valence-corrected chi connectivity index (χ2v) is 6.62. The number of nitrogens with one attached hydrogen (secondary N) is 1. The predicted octanol–water partition coefficient (Wildman–Crippen LogP) is 1.04. The maximum absolute atomic E-state index is 11.4. The highest BCUT2D eigenvalue weighted by Crippen LogP contribution is 2.22. The van der Waals surface area contributed by atoms with Crippen LogP contribution < -0.4 is 11.1 Å². The number of nitrogens with two attached hydrogens (primary N) is 1. The minimum atomic E-state index is -3.19. The van der Waals surface area contributed by atoms with Crippen LogP contribution in [0.25, 0.3) is 0 Å². The largest absolute Gasteiger partial charge is 0.397 e. The van der Waals surface area contributed by atoms with Crippen molar-refractivity contribution in [2.75, 3.05) is 44.5 Å². The van der Waals surface area contributed by atoms with Crippen molar-refractivity contribution in [1.82, 2.24) is 4.90 Å². The predicted molar refractivity (Wildman–Crippen MR) is 75.6 cm³/mol. The zero-order valence-electron chi connectivity index (χ0n) is 11.1. The third kappa shape index (κ3) is 4.54. The number of sulfone groups is 1. The zero-order valence-corrected chi connectivity index (χ0v) is 11.9. The number of anilines is 2. The maximum atomic E-state index is 11.4. The second kappa shape index (κ2) is 6.06. The summed E-state index contributed by atoms with van der Waals surface area (Å²) < 4.78 is 22.7. The average molecular weight is 271 g/mol. The van der Waals surface area contributed by atoms with Gasteiger partial charge in [0.1, 0.15) is 0 Å². The summed E-state index contributed by atoms with van der Waals surface area (Å²) >= 11 is 0. The van der Waals surface area contributed by atoms with Gasteiger partial charge in [0.2, 0.25) is 0 Å². The number of hydrogen-bond donors (Lipinski definition) is 2. The monoisotopic (exact) mass is 271 g/mol. The lowest BCUT2D eigenvalue weighted by molar-refractivity contribution is 0.405. The van der Waals surface area contributed by atoms with Gasteiger partial charge in [0.25, 0.3) is 0 Å². The number of rotatable bonds is 6. The van der Waals surface area contributed by atoms with Crippen molar-refractivity contribution in [2.24, 2.45) is 0 Å². The van der Waals surface area contributed by atoms with Crippen LogP contribution in [0.15, 0.2) is 23.1 Å². The van der Waals surface area contributed by atoms with Crippen molar-refractivity contribution in [3.05, 3.63) is 18.2 Å². The van der Waals surface area contributed by atoms with Gasteiger partial charge in [0.15, 0.2) is 9.84 Å². The Balaban J connectivity index is 2.64. The van der Waals surface area contributed by atoms with E-state index in [0.29, 0.717) is 5.69 Å².